The topological polar surface area (TPSA) is 75.4 Å². The lowest BCUT2D eigenvalue weighted by molar-refractivity contribution is -0.132. The number of nitrogens with zero attached hydrogens (tertiary/aromatic N) is 1. The van der Waals surface area contributed by atoms with Crippen LogP contribution in [0.1, 0.15) is 30.4 Å². The predicted molar refractivity (Wildman–Crippen MR) is 114 cm³/mol. The second-order valence-corrected chi connectivity index (χ2v) is 7.31. The van der Waals surface area contributed by atoms with E-state index in [0.29, 0.717) is 31.5 Å². The second-order valence-electron chi connectivity index (χ2n) is 7.31. The second kappa shape index (κ2) is 10.6. The van der Waals surface area contributed by atoms with Crippen LogP contribution in [0.25, 0.3) is 0 Å². The van der Waals surface area contributed by atoms with E-state index in [2.05, 4.69) is 24.5 Å². The first-order chi connectivity index (χ1) is 13.4. The van der Waals surface area contributed by atoms with Gasteiger partial charge in [0.1, 0.15) is 0 Å². The summed E-state index contributed by atoms with van der Waals surface area (Å²) >= 11 is 0. The highest BCUT2D eigenvalue weighted by molar-refractivity contribution is 5.96. The largest absolute Gasteiger partial charge is 0.350 e. The van der Waals surface area contributed by atoms with Crippen LogP contribution in [0.5, 0.6) is 0 Å². The molecule has 0 aromatic heterocycles. The molecule has 1 fully saturated rings. The van der Waals surface area contributed by atoms with E-state index in [0.717, 1.165) is 18.4 Å². The Kier molecular flexibility index (Phi) is 8.20. The Morgan fingerprint density at radius 1 is 1.39 bits per heavy atom. The molecule has 150 valence electrons. The molecule has 5 heteroatoms. The van der Waals surface area contributed by atoms with Crippen molar-refractivity contribution >= 4 is 11.8 Å². The van der Waals surface area contributed by atoms with E-state index < -0.39 is 0 Å². The Bertz CT molecular complexity index is 754. The van der Waals surface area contributed by atoms with Crippen LogP contribution in [0, 0.1) is 6.92 Å². The molecule has 1 aliphatic heterocycles. The summed E-state index contributed by atoms with van der Waals surface area (Å²) in [7, 11) is 0. The quantitative estimate of drug-likeness (QED) is 0.510. The van der Waals surface area contributed by atoms with E-state index in [1.807, 2.05) is 30.0 Å². The SMILES string of the molecule is C=C/C=C(\C=C)C(=O)NC[C@@H]1CCCN1C(=O)CC(N)Cc1cccc(C)c1. The average molecular weight is 382 g/mol. The lowest BCUT2D eigenvalue weighted by Crippen LogP contribution is -2.45. The van der Waals surface area contributed by atoms with Crippen LogP contribution < -0.4 is 11.1 Å². The minimum absolute atomic E-state index is 0.0115. The Morgan fingerprint density at radius 3 is 2.86 bits per heavy atom. The van der Waals surface area contributed by atoms with Crippen molar-refractivity contribution in [1.82, 2.24) is 10.2 Å². The molecule has 3 N–H and O–H groups in total. The number of hydrogen-bond donors (Lipinski definition) is 2. The number of benzene rings is 1. The molecule has 0 bridgehead atoms. The molecule has 1 aliphatic rings. The van der Waals surface area contributed by atoms with Crippen LogP contribution in [0.3, 0.4) is 0 Å². The van der Waals surface area contributed by atoms with Gasteiger partial charge in [0, 0.05) is 37.2 Å². The zero-order valence-electron chi connectivity index (χ0n) is 16.7. The van der Waals surface area contributed by atoms with Crippen molar-refractivity contribution in [1.29, 1.82) is 0 Å². The zero-order chi connectivity index (χ0) is 20.5. The molecule has 1 heterocycles. The van der Waals surface area contributed by atoms with Crippen molar-refractivity contribution in [2.24, 2.45) is 5.73 Å². The number of rotatable bonds is 9. The molecule has 0 aliphatic carbocycles. The fourth-order valence-electron chi connectivity index (χ4n) is 3.61. The third-order valence-corrected chi connectivity index (χ3v) is 4.99. The summed E-state index contributed by atoms with van der Waals surface area (Å²) in [6.07, 6.45) is 7.48. The first-order valence-corrected chi connectivity index (χ1v) is 9.78. The molecule has 0 radical (unpaired) electrons. The van der Waals surface area contributed by atoms with Crippen LogP contribution in [-0.2, 0) is 16.0 Å². The maximum Gasteiger partial charge on any atom is 0.251 e. The summed E-state index contributed by atoms with van der Waals surface area (Å²) in [5.74, 6) is -0.146. The first kappa shape index (κ1) is 21.6. The minimum Gasteiger partial charge on any atom is -0.350 e. The third-order valence-electron chi connectivity index (χ3n) is 4.99. The molecule has 2 rings (SSSR count). The minimum atomic E-state index is -0.215. The van der Waals surface area contributed by atoms with E-state index in [9.17, 15) is 9.59 Å². The van der Waals surface area contributed by atoms with E-state index in [-0.39, 0.29) is 23.9 Å². The van der Waals surface area contributed by atoms with Crippen molar-refractivity contribution in [3.8, 4) is 0 Å². The highest BCUT2D eigenvalue weighted by Crippen LogP contribution is 2.19. The van der Waals surface area contributed by atoms with E-state index in [1.165, 1.54) is 11.6 Å². The van der Waals surface area contributed by atoms with Crippen LogP contribution in [-0.4, -0.2) is 41.9 Å². The smallest absolute Gasteiger partial charge is 0.251 e. The number of hydrogen-bond acceptors (Lipinski definition) is 3. The van der Waals surface area contributed by atoms with Gasteiger partial charge in [-0.25, -0.2) is 0 Å². The van der Waals surface area contributed by atoms with Gasteiger partial charge >= 0.3 is 0 Å². The zero-order valence-corrected chi connectivity index (χ0v) is 16.7. The van der Waals surface area contributed by atoms with Gasteiger partial charge in [0.2, 0.25) is 5.91 Å². The van der Waals surface area contributed by atoms with Gasteiger partial charge in [-0.2, -0.15) is 0 Å². The molecule has 28 heavy (non-hydrogen) atoms. The number of carbonyl (C=O) groups is 2. The van der Waals surface area contributed by atoms with E-state index in [1.54, 1.807) is 12.2 Å². The molecule has 5 nitrogen and oxygen atoms in total. The van der Waals surface area contributed by atoms with E-state index in [4.69, 9.17) is 5.73 Å². The van der Waals surface area contributed by atoms with Crippen LogP contribution in [0.15, 0.2) is 61.2 Å². The molecular weight excluding hydrogens is 350 g/mol. The van der Waals surface area contributed by atoms with Crippen molar-refractivity contribution in [2.75, 3.05) is 13.1 Å². The summed E-state index contributed by atoms with van der Waals surface area (Å²) < 4.78 is 0. The monoisotopic (exact) mass is 381 g/mol. The lowest BCUT2D eigenvalue weighted by Gasteiger charge is -2.26. The molecule has 2 atom stereocenters. The summed E-state index contributed by atoms with van der Waals surface area (Å²) in [6.45, 7) is 10.4. The molecule has 1 saturated heterocycles. The number of aryl methyl sites for hydroxylation is 1. The highest BCUT2D eigenvalue weighted by atomic mass is 16.2. The van der Waals surface area contributed by atoms with Gasteiger partial charge < -0.3 is 16.0 Å². The first-order valence-electron chi connectivity index (χ1n) is 9.78. The molecule has 1 aromatic carbocycles. The number of likely N-dealkylation sites (tertiary alicyclic amines) is 1. The van der Waals surface area contributed by atoms with Crippen LogP contribution in [0.4, 0.5) is 0 Å². The standard InChI is InChI=1S/C23H31N3O2/c1-4-8-19(5-2)23(28)25-16-21-11-7-12-26(21)22(27)15-20(24)14-18-10-6-9-17(3)13-18/h4-6,8-10,13,20-21H,1-2,7,11-12,14-16,24H2,3H3,(H,25,28)/b19-8+/t20?,21-/m0/s1. The third kappa shape index (κ3) is 6.20. The van der Waals surface area contributed by atoms with Gasteiger partial charge in [0.15, 0.2) is 0 Å². The van der Waals surface area contributed by atoms with Crippen molar-refractivity contribution in [3.05, 3.63) is 72.4 Å². The Labute approximate surface area is 168 Å². The van der Waals surface area contributed by atoms with Crippen LogP contribution in [0.2, 0.25) is 0 Å². The summed E-state index contributed by atoms with van der Waals surface area (Å²) in [5.41, 5.74) is 9.04. The number of carbonyl (C=O) groups excluding carboxylic acids is 2. The predicted octanol–water partition coefficient (Wildman–Crippen LogP) is 2.66. The fraction of sp³-hybridized carbons (Fsp3) is 0.391. The van der Waals surface area contributed by atoms with Crippen molar-refractivity contribution in [3.63, 3.8) is 0 Å². The molecule has 0 spiro atoms. The highest BCUT2D eigenvalue weighted by Gasteiger charge is 2.29. The number of allylic oxidation sites excluding steroid dienone is 2. The average Bonchev–Trinajstić information content (AvgIpc) is 3.12. The van der Waals surface area contributed by atoms with Crippen LogP contribution >= 0.6 is 0 Å². The summed E-state index contributed by atoms with van der Waals surface area (Å²) in [5, 5.41) is 2.89. The van der Waals surface area contributed by atoms with Gasteiger partial charge in [-0.3, -0.25) is 9.59 Å². The maximum absolute atomic E-state index is 12.8. The summed E-state index contributed by atoms with van der Waals surface area (Å²) in [6, 6.07) is 8.00. The van der Waals surface area contributed by atoms with Crippen molar-refractivity contribution < 1.29 is 9.59 Å². The molecule has 0 saturated carbocycles. The van der Waals surface area contributed by atoms with Gasteiger partial charge in [-0.15, -0.1) is 0 Å². The fourth-order valence-corrected chi connectivity index (χ4v) is 3.61. The number of nitrogens with two attached hydrogens (primary N) is 1. The molecule has 2 amide bonds. The molecule has 1 aromatic rings. The van der Waals surface area contributed by atoms with Gasteiger partial charge in [0.05, 0.1) is 0 Å². The normalized spacial score (nSPS) is 17.9. The van der Waals surface area contributed by atoms with Gasteiger partial charge in [-0.05, 0) is 31.7 Å². The lowest BCUT2D eigenvalue weighted by atomic mass is 10.0. The summed E-state index contributed by atoms with van der Waals surface area (Å²) in [4.78, 5) is 26.8. The molecular formula is C23H31N3O2. The Hall–Kier alpha value is -2.66. The van der Waals surface area contributed by atoms with Gasteiger partial charge in [-0.1, -0.05) is 61.2 Å². The van der Waals surface area contributed by atoms with E-state index >= 15 is 0 Å². The maximum atomic E-state index is 12.8. The molecule has 1 unspecified atom stereocenters. The Morgan fingerprint density at radius 2 is 2.18 bits per heavy atom. The van der Waals surface area contributed by atoms with Crippen molar-refractivity contribution in [2.45, 2.75) is 44.7 Å². The number of amides is 2. The van der Waals surface area contributed by atoms with Gasteiger partial charge in [0.25, 0.3) is 5.91 Å². The Balaban J connectivity index is 1.87. The number of nitrogens with one attached hydrogen (secondary N) is 1.